The first kappa shape index (κ1) is 16.0. The zero-order valence-corrected chi connectivity index (χ0v) is 12.5. The minimum absolute atomic E-state index is 0.110. The van der Waals surface area contributed by atoms with Gasteiger partial charge in [0, 0.05) is 19.2 Å². The highest BCUT2D eigenvalue weighted by Crippen LogP contribution is 2.27. The Labute approximate surface area is 120 Å². The van der Waals surface area contributed by atoms with Crippen molar-refractivity contribution in [1.29, 1.82) is 0 Å². The van der Waals surface area contributed by atoms with Crippen molar-refractivity contribution in [2.75, 3.05) is 41.4 Å². The third-order valence-corrected chi connectivity index (χ3v) is 2.69. The second-order valence-corrected chi connectivity index (χ2v) is 4.54. The number of benzene rings is 1. The molecule has 5 nitrogen and oxygen atoms in total. The lowest BCUT2D eigenvalue weighted by atomic mass is 10.2. The molecule has 0 heterocycles. The molecule has 0 atom stereocenters. The summed E-state index contributed by atoms with van der Waals surface area (Å²) in [7, 11) is 7.10. The van der Waals surface area contributed by atoms with E-state index in [4.69, 9.17) is 9.47 Å². The van der Waals surface area contributed by atoms with Crippen LogP contribution in [0.2, 0.25) is 0 Å². The summed E-state index contributed by atoms with van der Waals surface area (Å²) in [6, 6.07) is 5.50. The van der Waals surface area contributed by atoms with E-state index in [1.165, 1.54) is 6.08 Å². The molecule has 0 unspecified atom stereocenters. The summed E-state index contributed by atoms with van der Waals surface area (Å²) in [6.45, 7) is 1.44. The normalized spacial score (nSPS) is 10.8. The van der Waals surface area contributed by atoms with Crippen LogP contribution in [0, 0.1) is 0 Å². The molecule has 1 aromatic rings. The lowest BCUT2D eigenvalue weighted by molar-refractivity contribution is -0.116. The molecule has 0 spiro atoms. The Balaban J connectivity index is 2.59. The van der Waals surface area contributed by atoms with Crippen molar-refractivity contribution in [2.24, 2.45) is 0 Å². The number of hydrogen-bond donors (Lipinski definition) is 1. The van der Waals surface area contributed by atoms with Gasteiger partial charge in [-0.2, -0.15) is 0 Å². The van der Waals surface area contributed by atoms with Gasteiger partial charge in [0.25, 0.3) is 0 Å². The standard InChI is InChI=1S/C15H22N2O3/c1-17(2)10-9-16-15(18)8-6-12-5-7-13(19-3)14(11-12)20-4/h5-8,11H,9-10H2,1-4H3,(H,16,18). The molecule has 0 aliphatic heterocycles. The fraction of sp³-hybridized carbons (Fsp3) is 0.400. The van der Waals surface area contributed by atoms with E-state index < -0.39 is 0 Å². The lowest BCUT2D eigenvalue weighted by Gasteiger charge is -2.09. The molecule has 0 aliphatic carbocycles. The Hall–Kier alpha value is -2.01. The zero-order chi connectivity index (χ0) is 15.0. The molecule has 1 N–H and O–H groups in total. The van der Waals surface area contributed by atoms with Gasteiger partial charge in [-0.1, -0.05) is 6.07 Å². The molecule has 110 valence electrons. The maximum absolute atomic E-state index is 11.6. The lowest BCUT2D eigenvalue weighted by Crippen LogP contribution is -2.30. The largest absolute Gasteiger partial charge is 0.493 e. The van der Waals surface area contributed by atoms with Crippen LogP contribution in [0.4, 0.5) is 0 Å². The summed E-state index contributed by atoms with van der Waals surface area (Å²) in [4.78, 5) is 13.6. The van der Waals surface area contributed by atoms with E-state index in [1.807, 2.05) is 37.2 Å². The van der Waals surface area contributed by atoms with Crippen LogP contribution in [-0.2, 0) is 4.79 Å². The van der Waals surface area contributed by atoms with E-state index in [9.17, 15) is 4.79 Å². The summed E-state index contributed by atoms with van der Waals surface area (Å²) in [5, 5.41) is 2.81. The zero-order valence-electron chi connectivity index (χ0n) is 12.5. The average Bonchev–Trinajstić information content (AvgIpc) is 2.44. The minimum Gasteiger partial charge on any atom is -0.493 e. The molecule has 1 aromatic carbocycles. The number of likely N-dealkylation sites (N-methyl/N-ethyl adjacent to an activating group) is 1. The number of rotatable bonds is 7. The van der Waals surface area contributed by atoms with Crippen molar-refractivity contribution in [3.8, 4) is 11.5 Å². The van der Waals surface area contributed by atoms with Gasteiger partial charge in [-0.15, -0.1) is 0 Å². The number of amides is 1. The van der Waals surface area contributed by atoms with Crippen molar-refractivity contribution < 1.29 is 14.3 Å². The first-order valence-electron chi connectivity index (χ1n) is 6.39. The number of carbonyl (C=O) groups is 1. The van der Waals surface area contributed by atoms with E-state index in [-0.39, 0.29) is 5.91 Å². The van der Waals surface area contributed by atoms with Crippen LogP contribution in [0.3, 0.4) is 0 Å². The molecular weight excluding hydrogens is 256 g/mol. The topological polar surface area (TPSA) is 50.8 Å². The summed E-state index contributed by atoms with van der Waals surface area (Å²) in [6.07, 6.45) is 3.25. The van der Waals surface area contributed by atoms with Crippen LogP contribution >= 0.6 is 0 Å². The van der Waals surface area contributed by atoms with Gasteiger partial charge in [0.15, 0.2) is 11.5 Å². The predicted octanol–water partition coefficient (Wildman–Crippen LogP) is 1.39. The highest BCUT2D eigenvalue weighted by molar-refractivity contribution is 5.91. The molecule has 0 aliphatic rings. The van der Waals surface area contributed by atoms with Gasteiger partial charge in [0.2, 0.25) is 5.91 Å². The number of nitrogens with zero attached hydrogens (tertiary/aromatic N) is 1. The highest BCUT2D eigenvalue weighted by atomic mass is 16.5. The Bertz CT molecular complexity index is 470. The second-order valence-electron chi connectivity index (χ2n) is 4.54. The van der Waals surface area contributed by atoms with Crippen LogP contribution < -0.4 is 14.8 Å². The van der Waals surface area contributed by atoms with Crippen LogP contribution in [0.15, 0.2) is 24.3 Å². The molecule has 1 amide bonds. The number of hydrogen-bond acceptors (Lipinski definition) is 4. The maximum Gasteiger partial charge on any atom is 0.244 e. The molecule has 5 heteroatoms. The number of methoxy groups -OCH3 is 2. The van der Waals surface area contributed by atoms with Gasteiger partial charge in [-0.25, -0.2) is 0 Å². The first-order valence-corrected chi connectivity index (χ1v) is 6.39. The number of carbonyl (C=O) groups excluding carboxylic acids is 1. The summed E-state index contributed by atoms with van der Waals surface area (Å²) < 4.78 is 10.4. The van der Waals surface area contributed by atoms with Gasteiger partial charge in [-0.05, 0) is 37.9 Å². The van der Waals surface area contributed by atoms with Crippen molar-refractivity contribution >= 4 is 12.0 Å². The van der Waals surface area contributed by atoms with E-state index in [0.29, 0.717) is 18.0 Å². The second kappa shape index (κ2) is 8.22. The molecule has 0 radical (unpaired) electrons. The highest BCUT2D eigenvalue weighted by Gasteiger charge is 2.03. The van der Waals surface area contributed by atoms with Crippen molar-refractivity contribution in [2.45, 2.75) is 0 Å². The summed E-state index contributed by atoms with van der Waals surface area (Å²) >= 11 is 0. The smallest absolute Gasteiger partial charge is 0.244 e. The van der Waals surface area contributed by atoms with E-state index in [1.54, 1.807) is 20.3 Å². The maximum atomic E-state index is 11.6. The fourth-order valence-electron chi connectivity index (χ4n) is 1.59. The molecule has 0 fully saturated rings. The van der Waals surface area contributed by atoms with Crippen LogP contribution in [-0.4, -0.2) is 52.2 Å². The van der Waals surface area contributed by atoms with Crippen molar-refractivity contribution in [3.05, 3.63) is 29.8 Å². The van der Waals surface area contributed by atoms with E-state index in [0.717, 1.165) is 12.1 Å². The first-order chi connectivity index (χ1) is 9.56. The number of nitrogens with one attached hydrogen (secondary N) is 1. The molecule has 0 aromatic heterocycles. The third kappa shape index (κ3) is 5.32. The van der Waals surface area contributed by atoms with Crippen LogP contribution in [0.1, 0.15) is 5.56 Å². The minimum atomic E-state index is -0.110. The van der Waals surface area contributed by atoms with Gasteiger partial charge >= 0.3 is 0 Å². The average molecular weight is 278 g/mol. The van der Waals surface area contributed by atoms with Gasteiger partial charge in [0.05, 0.1) is 14.2 Å². The Morgan fingerprint density at radius 1 is 1.25 bits per heavy atom. The van der Waals surface area contributed by atoms with Gasteiger partial charge in [-0.3, -0.25) is 4.79 Å². The summed E-state index contributed by atoms with van der Waals surface area (Å²) in [5.41, 5.74) is 0.880. The van der Waals surface area contributed by atoms with E-state index in [2.05, 4.69) is 5.32 Å². The molecule has 1 rings (SSSR count). The van der Waals surface area contributed by atoms with Crippen LogP contribution in [0.25, 0.3) is 6.08 Å². The molecule has 0 bridgehead atoms. The van der Waals surface area contributed by atoms with Crippen molar-refractivity contribution in [1.82, 2.24) is 10.2 Å². The quantitative estimate of drug-likeness (QED) is 0.766. The fourth-order valence-corrected chi connectivity index (χ4v) is 1.59. The van der Waals surface area contributed by atoms with E-state index >= 15 is 0 Å². The Kier molecular flexibility index (Phi) is 6.59. The SMILES string of the molecule is COc1ccc(C=CC(=O)NCCN(C)C)cc1OC. The van der Waals surface area contributed by atoms with Crippen molar-refractivity contribution in [3.63, 3.8) is 0 Å². The monoisotopic (exact) mass is 278 g/mol. The van der Waals surface area contributed by atoms with Gasteiger partial charge < -0.3 is 19.7 Å². The molecule has 0 saturated carbocycles. The Morgan fingerprint density at radius 2 is 1.95 bits per heavy atom. The summed E-state index contributed by atoms with van der Waals surface area (Å²) in [5.74, 6) is 1.20. The Morgan fingerprint density at radius 3 is 2.55 bits per heavy atom. The number of ether oxygens (including phenoxy) is 2. The van der Waals surface area contributed by atoms with Gasteiger partial charge in [0.1, 0.15) is 0 Å². The molecule has 0 saturated heterocycles. The third-order valence-electron chi connectivity index (χ3n) is 2.69. The molecule has 20 heavy (non-hydrogen) atoms. The predicted molar refractivity (Wildman–Crippen MR) is 80.1 cm³/mol. The van der Waals surface area contributed by atoms with Crippen LogP contribution in [0.5, 0.6) is 11.5 Å². The molecular formula is C15H22N2O3.